The van der Waals surface area contributed by atoms with Crippen molar-refractivity contribution in [3.8, 4) is 0 Å². The fourth-order valence-corrected chi connectivity index (χ4v) is 2.47. The molecule has 1 saturated carbocycles. The first-order valence-electron chi connectivity index (χ1n) is 4.50. The van der Waals surface area contributed by atoms with Crippen LogP contribution < -0.4 is 0 Å². The Balaban J connectivity index is 1.85. The minimum Gasteiger partial charge on any atom is -0.299 e. The highest BCUT2D eigenvalue weighted by Crippen LogP contribution is 2.33. The lowest BCUT2D eigenvalue weighted by Gasteiger charge is -1.95. The van der Waals surface area contributed by atoms with Gasteiger partial charge in [-0.15, -0.1) is 11.3 Å². The molecule has 1 aromatic rings. The highest BCUT2D eigenvalue weighted by atomic mass is 35.5. The first-order chi connectivity index (χ1) is 6.24. The normalized spacial score (nSPS) is 16.1. The SMILES string of the molecule is O=C(Cc1ccc(Cl)s1)CC1CC1. The summed E-state index contributed by atoms with van der Waals surface area (Å²) in [5, 5.41) is 0. The van der Waals surface area contributed by atoms with Crippen LogP contribution in [0, 0.1) is 5.92 Å². The standard InChI is InChI=1S/C10H11ClOS/c11-10-4-3-9(13-10)6-8(12)5-7-1-2-7/h3-4,7H,1-2,5-6H2. The first-order valence-corrected chi connectivity index (χ1v) is 5.69. The fourth-order valence-electron chi connectivity index (χ4n) is 1.36. The molecule has 0 aliphatic heterocycles. The van der Waals surface area contributed by atoms with Gasteiger partial charge in [0.15, 0.2) is 0 Å². The molecule has 3 heteroatoms. The van der Waals surface area contributed by atoms with Crippen LogP contribution in [0.25, 0.3) is 0 Å². The maximum Gasteiger partial charge on any atom is 0.138 e. The summed E-state index contributed by atoms with van der Waals surface area (Å²) in [7, 11) is 0. The maximum absolute atomic E-state index is 11.4. The van der Waals surface area contributed by atoms with Crippen LogP contribution >= 0.6 is 22.9 Å². The van der Waals surface area contributed by atoms with Crippen LogP contribution in [0.4, 0.5) is 0 Å². The van der Waals surface area contributed by atoms with Gasteiger partial charge in [0.05, 0.1) is 4.34 Å². The molecule has 0 amide bonds. The number of rotatable bonds is 4. The van der Waals surface area contributed by atoms with E-state index in [0.29, 0.717) is 18.1 Å². The van der Waals surface area contributed by atoms with Gasteiger partial charge in [0.1, 0.15) is 5.78 Å². The Morgan fingerprint density at radius 2 is 2.31 bits per heavy atom. The number of carbonyl (C=O) groups is 1. The van der Waals surface area contributed by atoms with E-state index in [-0.39, 0.29) is 0 Å². The van der Waals surface area contributed by atoms with Gasteiger partial charge in [-0.05, 0) is 30.9 Å². The molecule has 0 N–H and O–H groups in total. The minimum absolute atomic E-state index is 0.362. The lowest BCUT2D eigenvalue weighted by molar-refractivity contribution is -0.118. The molecule has 1 nitrogen and oxygen atoms in total. The molecule has 0 saturated heterocycles. The Labute approximate surface area is 86.7 Å². The fraction of sp³-hybridized carbons (Fsp3) is 0.500. The molecule has 1 heterocycles. The van der Waals surface area contributed by atoms with Gasteiger partial charge < -0.3 is 0 Å². The van der Waals surface area contributed by atoms with Crippen LogP contribution in [0.1, 0.15) is 24.1 Å². The number of halogens is 1. The molecular weight excluding hydrogens is 204 g/mol. The highest BCUT2D eigenvalue weighted by Gasteiger charge is 2.24. The zero-order chi connectivity index (χ0) is 9.26. The molecule has 0 aromatic carbocycles. The quantitative estimate of drug-likeness (QED) is 0.752. The lowest BCUT2D eigenvalue weighted by atomic mass is 10.1. The van der Waals surface area contributed by atoms with E-state index in [1.165, 1.54) is 24.2 Å². The van der Waals surface area contributed by atoms with E-state index in [0.717, 1.165) is 15.6 Å². The van der Waals surface area contributed by atoms with E-state index in [4.69, 9.17) is 11.6 Å². The summed E-state index contributed by atoms with van der Waals surface area (Å²) in [6, 6.07) is 3.80. The summed E-state index contributed by atoms with van der Waals surface area (Å²) >= 11 is 7.28. The number of hydrogen-bond acceptors (Lipinski definition) is 2. The molecule has 70 valence electrons. The Bertz CT molecular complexity index is 314. The molecule has 0 bridgehead atoms. The van der Waals surface area contributed by atoms with Crippen LogP contribution in [0.3, 0.4) is 0 Å². The average molecular weight is 215 g/mol. The van der Waals surface area contributed by atoms with E-state index in [9.17, 15) is 4.79 Å². The summed E-state index contributed by atoms with van der Waals surface area (Å²) < 4.78 is 0.772. The predicted molar refractivity (Wildman–Crippen MR) is 55.4 cm³/mol. The molecule has 0 spiro atoms. The van der Waals surface area contributed by atoms with E-state index >= 15 is 0 Å². The highest BCUT2D eigenvalue weighted by molar-refractivity contribution is 7.16. The van der Waals surface area contributed by atoms with Crippen LogP contribution in [0.2, 0.25) is 4.34 Å². The summed E-state index contributed by atoms with van der Waals surface area (Å²) in [5.41, 5.74) is 0. The van der Waals surface area contributed by atoms with Crippen molar-refractivity contribution in [1.82, 2.24) is 0 Å². The molecule has 1 aromatic heterocycles. The van der Waals surface area contributed by atoms with E-state index in [2.05, 4.69) is 0 Å². The Morgan fingerprint density at radius 1 is 1.54 bits per heavy atom. The van der Waals surface area contributed by atoms with Crippen molar-refractivity contribution in [2.45, 2.75) is 25.7 Å². The van der Waals surface area contributed by atoms with Gasteiger partial charge in [-0.2, -0.15) is 0 Å². The number of hydrogen-bond donors (Lipinski definition) is 0. The Hall–Kier alpha value is -0.340. The second-order valence-electron chi connectivity index (χ2n) is 3.57. The van der Waals surface area contributed by atoms with Crippen molar-refractivity contribution in [2.75, 3.05) is 0 Å². The summed E-state index contributed by atoms with van der Waals surface area (Å²) in [6.45, 7) is 0. The number of ketones is 1. The topological polar surface area (TPSA) is 17.1 Å². The van der Waals surface area contributed by atoms with Gasteiger partial charge in [0.2, 0.25) is 0 Å². The average Bonchev–Trinajstić information content (AvgIpc) is 2.76. The van der Waals surface area contributed by atoms with Crippen molar-refractivity contribution in [1.29, 1.82) is 0 Å². The third-order valence-electron chi connectivity index (χ3n) is 2.21. The molecule has 1 fully saturated rings. The Kier molecular flexibility index (Phi) is 2.70. The lowest BCUT2D eigenvalue weighted by Crippen LogP contribution is -2.01. The third-order valence-corrected chi connectivity index (χ3v) is 3.44. The summed E-state index contributed by atoms with van der Waals surface area (Å²) in [6.07, 6.45) is 3.84. The number of carbonyl (C=O) groups excluding carboxylic acids is 1. The largest absolute Gasteiger partial charge is 0.299 e. The Morgan fingerprint density at radius 3 is 2.85 bits per heavy atom. The maximum atomic E-state index is 11.4. The van der Waals surface area contributed by atoms with Gasteiger partial charge in [-0.25, -0.2) is 0 Å². The van der Waals surface area contributed by atoms with Crippen molar-refractivity contribution in [3.05, 3.63) is 21.3 Å². The molecular formula is C10H11ClOS. The number of thiophene rings is 1. The molecule has 0 unspecified atom stereocenters. The molecule has 13 heavy (non-hydrogen) atoms. The van der Waals surface area contributed by atoms with Crippen LogP contribution in [0.5, 0.6) is 0 Å². The van der Waals surface area contributed by atoms with Crippen molar-refractivity contribution in [2.24, 2.45) is 5.92 Å². The molecule has 0 radical (unpaired) electrons. The van der Waals surface area contributed by atoms with E-state index in [1.54, 1.807) is 0 Å². The van der Waals surface area contributed by atoms with Gasteiger partial charge >= 0.3 is 0 Å². The zero-order valence-electron chi connectivity index (χ0n) is 7.25. The van der Waals surface area contributed by atoms with Crippen molar-refractivity contribution < 1.29 is 4.79 Å². The first kappa shape index (κ1) is 9.22. The second-order valence-corrected chi connectivity index (χ2v) is 5.37. The van der Waals surface area contributed by atoms with Crippen LogP contribution in [-0.4, -0.2) is 5.78 Å². The van der Waals surface area contributed by atoms with Gasteiger partial charge in [-0.1, -0.05) is 11.6 Å². The number of Topliss-reactive ketones (excluding diaryl/α,β-unsaturated/α-hetero) is 1. The van der Waals surface area contributed by atoms with Crippen LogP contribution in [-0.2, 0) is 11.2 Å². The van der Waals surface area contributed by atoms with Crippen molar-refractivity contribution in [3.63, 3.8) is 0 Å². The van der Waals surface area contributed by atoms with E-state index < -0.39 is 0 Å². The molecule has 2 rings (SSSR count). The van der Waals surface area contributed by atoms with Crippen LogP contribution in [0.15, 0.2) is 12.1 Å². The smallest absolute Gasteiger partial charge is 0.138 e. The van der Waals surface area contributed by atoms with Gasteiger partial charge in [-0.3, -0.25) is 4.79 Å². The van der Waals surface area contributed by atoms with Crippen molar-refractivity contribution >= 4 is 28.7 Å². The monoisotopic (exact) mass is 214 g/mol. The molecule has 1 aliphatic rings. The predicted octanol–water partition coefficient (Wildman–Crippen LogP) is 3.31. The second kappa shape index (κ2) is 3.81. The zero-order valence-corrected chi connectivity index (χ0v) is 8.83. The third kappa shape index (κ3) is 2.82. The summed E-state index contributed by atoms with van der Waals surface area (Å²) in [4.78, 5) is 12.5. The van der Waals surface area contributed by atoms with Gasteiger partial charge in [0, 0.05) is 17.7 Å². The molecule has 1 aliphatic carbocycles. The molecule has 0 atom stereocenters. The van der Waals surface area contributed by atoms with Gasteiger partial charge in [0.25, 0.3) is 0 Å². The minimum atomic E-state index is 0.362. The van der Waals surface area contributed by atoms with E-state index in [1.807, 2.05) is 12.1 Å². The summed E-state index contributed by atoms with van der Waals surface area (Å²) in [5.74, 6) is 1.06.